The van der Waals surface area contributed by atoms with Crippen LogP contribution in [-0.4, -0.2) is 34.7 Å². The highest BCUT2D eigenvalue weighted by molar-refractivity contribution is 7.80. The number of anilines is 2. The highest BCUT2D eigenvalue weighted by atomic mass is 32.1. The third-order valence-corrected chi connectivity index (χ3v) is 3.79. The van der Waals surface area contributed by atoms with Gasteiger partial charge in [-0.3, -0.25) is 0 Å². The molecule has 23 heavy (non-hydrogen) atoms. The number of nitrogens with one attached hydrogen (secondary N) is 2. The number of thiocarbonyl (C=S) groups is 1. The van der Waals surface area contributed by atoms with Gasteiger partial charge in [-0.1, -0.05) is 6.92 Å². The number of rotatable bonds is 3. The summed E-state index contributed by atoms with van der Waals surface area (Å²) in [6.45, 7) is 5.85. The fourth-order valence-electron chi connectivity index (χ4n) is 2.50. The van der Waals surface area contributed by atoms with E-state index in [1.54, 1.807) is 0 Å². The highest BCUT2D eigenvalue weighted by Crippen LogP contribution is 2.31. The lowest BCUT2D eigenvalue weighted by Gasteiger charge is -2.32. The maximum absolute atomic E-state index is 13.1. The zero-order valence-electron chi connectivity index (χ0n) is 13.1. The molecule has 0 bridgehead atoms. The highest BCUT2D eigenvalue weighted by Gasteiger charge is 2.34. The summed E-state index contributed by atoms with van der Waals surface area (Å²) in [5, 5.41) is 5.62. The summed E-state index contributed by atoms with van der Waals surface area (Å²) in [4.78, 5) is 9.61. The van der Waals surface area contributed by atoms with Crippen LogP contribution in [0.1, 0.15) is 32.4 Å². The lowest BCUT2D eigenvalue weighted by Crippen LogP contribution is -2.35. The van der Waals surface area contributed by atoms with Crippen molar-refractivity contribution in [2.75, 3.05) is 29.9 Å². The standard InChI is InChI=1S/C14H20F3N5S/c1-3-18-13(23)21-12-19-10(14(15,16)17)7-11(20-12)22-6-4-5-9(2)8-22/h7,9H,3-6,8H2,1-2H3,(H2,18,19,20,21,23)/t9-/m1/s1. The van der Waals surface area contributed by atoms with Crippen molar-refractivity contribution in [3.8, 4) is 0 Å². The summed E-state index contributed by atoms with van der Waals surface area (Å²) < 4.78 is 39.3. The van der Waals surface area contributed by atoms with Gasteiger partial charge in [0.05, 0.1) is 0 Å². The number of halogens is 3. The molecule has 1 fully saturated rings. The van der Waals surface area contributed by atoms with Gasteiger partial charge in [0.15, 0.2) is 10.8 Å². The minimum atomic E-state index is -4.53. The van der Waals surface area contributed by atoms with Gasteiger partial charge in [0.2, 0.25) is 5.95 Å². The van der Waals surface area contributed by atoms with Crippen LogP contribution < -0.4 is 15.5 Å². The van der Waals surface area contributed by atoms with E-state index in [4.69, 9.17) is 12.2 Å². The van der Waals surface area contributed by atoms with Crippen LogP contribution in [0.2, 0.25) is 0 Å². The molecule has 1 aromatic rings. The molecule has 1 saturated heterocycles. The average Bonchev–Trinajstić information content (AvgIpc) is 2.46. The molecule has 2 N–H and O–H groups in total. The van der Waals surface area contributed by atoms with Gasteiger partial charge in [-0.05, 0) is 37.9 Å². The molecular weight excluding hydrogens is 327 g/mol. The van der Waals surface area contributed by atoms with Crippen LogP contribution in [0.3, 0.4) is 0 Å². The predicted octanol–water partition coefficient (Wildman–Crippen LogP) is 3.04. The maximum Gasteiger partial charge on any atom is 0.433 e. The van der Waals surface area contributed by atoms with E-state index in [-0.39, 0.29) is 16.9 Å². The van der Waals surface area contributed by atoms with Gasteiger partial charge in [0, 0.05) is 25.7 Å². The van der Waals surface area contributed by atoms with Gasteiger partial charge in [-0.2, -0.15) is 18.2 Å². The first-order valence-corrected chi connectivity index (χ1v) is 7.96. The van der Waals surface area contributed by atoms with Gasteiger partial charge in [0.1, 0.15) is 5.82 Å². The summed E-state index contributed by atoms with van der Waals surface area (Å²) in [6, 6.07) is 1.000. The van der Waals surface area contributed by atoms with Crippen molar-refractivity contribution >= 4 is 29.1 Å². The summed E-state index contributed by atoms with van der Waals surface area (Å²) in [5.74, 6) is 0.562. The first kappa shape index (κ1) is 17.7. The molecule has 1 aliphatic rings. The van der Waals surface area contributed by atoms with Crippen LogP contribution in [0.15, 0.2) is 6.07 Å². The zero-order chi connectivity index (χ0) is 17.0. The number of piperidine rings is 1. The largest absolute Gasteiger partial charge is 0.433 e. The summed E-state index contributed by atoms with van der Waals surface area (Å²) in [7, 11) is 0. The fraction of sp³-hybridized carbons (Fsp3) is 0.643. The van der Waals surface area contributed by atoms with Crippen LogP contribution in [0.5, 0.6) is 0 Å². The van der Waals surface area contributed by atoms with Gasteiger partial charge in [-0.15, -0.1) is 0 Å². The predicted molar refractivity (Wildman–Crippen MR) is 87.5 cm³/mol. The minimum Gasteiger partial charge on any atom is -0.363 e. The molecule has 9 heteroatoms. The molecule has 0 aromatic carbocycles. The number of nitrogens with zero attached hydrogens (tertiary/aromatic N) is 3. The van der Waals surface area contributed by atoms with Gasteiger partial charge >= 0.3 is 6.18 Å². The number of hydrogen-bond donors (Lipinski definition) is 2. The summed E-state index contributed by atoms with van der Waals surface area (Å²) in [6.07, 6.45) is -2.52. The molecule has 1 aliphatic heterocycles. The van der Waals surface area contributed by atoms with Crippen LogP contribution >= 0.6 is 12.2 Å². The number of aromatic nitrogens is 2. The third kappa shape index (κ3) is 4.92. The Balaban J connectivity index is 2.31. The quantitative estimate of drug-likeness (QED) is 0.820. The minimum absolute atomic E-state index is 0.140. The number of alkyl halides is 3. The van der Waals surface area contributed by atoms with Crippen LogP contribution in [0.4, 0.5) is 24.9 Å². The summed E-state index contributed by atoms with van der Waals surface area (Å²) >= 11 is 4.99. The van der Waals surface area contributed by atoms with E-state index < -0.39 is 11.9 Å². The van der Waals surface area contributed by atoms with Crippen LogP contribution in [0, 0.1) is 5.92 Å². The van der Waals surface area contributed by atoms with E-state index in [2.05, 4.69) is 27.5 Å². The Morgan fingerprint density at radius 3 is 2.78 bits per heavy atom. The molecule has 1 aromatic heterocycles. The maximum atomic E-state index is 13.1. The molecule has 0 saturated carbocycles. The molecule has 0 aliphatic carbocycles. The molecule has 5 nitrogen and oxygen atoms in total. The molecular formula is C14H20F3N5S. The normalized spacial score (nSPS) is 18.7. The summed E-state index contributed by atoms with van der Waals surface area (Å²) in [5.41, 5.74) is -0.970. The SMILES string of the molecule is CCNC(=S)Nc1nc(N2CCC[C@@H](C)C2)cc(C(F)(F)F)n1. The van der Waals surface area contributed by atoms with E-state index in [9.17, 15) is 13.2 Å². The molecule has 0 amide bonds. The van der Waals surface area contributed by atoms with Crippen molar-refractivity contribution in [2.24, 2.45) is 5.92 Å². The Labute approximate surface area is 138 Å². The average molecular weight is 347 g/mol. The molecule has 0 unspecified atom stereocenters. The molecule has 1 atom stereocenters. The second-order valence-corrected chi connectivity index (χ2v) is 6.02. The van der Waals surface area contributed by atoms with Crippen molar-refractivity contribution in [1.82, 2.24) is 15.3 Å². The van der Waals surface area contributed by atoms with Gasteiger partial charge < -0.3 is 15.5 Å². The molecule has 0 radical (unpaired) electrons. The van der Waals surface area contributed by atoms with Crippen LogP contribution in [0.25, 0.3) is 0 Å². The molecule has 2 rings (SSSR count). The van der Waals surface area contributed by atoms with Crippen LogP contribution in [-0.2, 0) is 6.18 Å². The lowest BCUT2D eigenvalue weighted by atomic mass is 10.0. The Morgan fingerprint density at radius 2 is 2.17 bits per heavy atom. The van der Waals surface area contributed by atoms with Gasteiger partial charge in [-0.25, -0.2) is 4.98 Å². The first-order valence-electron chi connectivity index (χ1n) is 7.55. The van der Waals surface area contributed by atoms with E-state index in [1.807, 2.05) is 11.8 Å². The van der Waals surface area contributed by atoms with Crippen molar-refractivity contribution in [3.05, 3.63) is 11.8 Å². The smallest absolute Gasteiger partial charge is 0.363 e. The Kier molecular flexibility index (Phi) is 5.61. The molecule has 0 spiro atoms. The van der Waals surface area contributed by atoms with E-state index in [0.717, 1.165) is 18.9 Å². The van der Waals surface area contributed by atoms with E-state index >= 15 is 0 Å². The lowest BCUT2D eigenvalue weighted by molar-refractivity contribution is -0.141. The van der Waals surface area contributed by atoms with Gasteiger partial charge in [0.25, 0.3) is 0 Å². The second kappa shape index (κ2) is 7.29. The monoisotopic (exact) mass is 347 g/mol. The Bertz CT molecular complexity index is 564. The van der Waals surface area contributed by atoms with E-state index in [0.29, 0.717) is 25.6 Å². The topological polar surface area (TPSA) is 53.1 Å². The van der Waals surface area contributed by atoms with Crippen molar-refractivity contribution in [3.63, 3.8) is 0 Å². The fourth-order valence-corrected chi connectivity index (χ4v) is 2.74. The molecule has 2 heterocycles. The van der Waals surface area contributed by atoms with Crippen molar-refractivity contribution in [2.45, 2.75) is 32.9 Å². The molecule has 128 valence electrons. The van der Waals surface area contributed by atoms with Crippen molar-refractivity contribution in [1.29, 1.82) is 0 Å². The van der Waals surface area contributed by atoms with E-state index in [1.165, 1.54) is 0 Å². The Hall–Kier alpha value is -1.64. The number of hydrogen-bond acceptors (Lipinski definition) is 4. The van der Waals surface area contributed by atoms with Crippen molar-refractivity contribution < 1.29 is 13.2 Å². The Morgan fingerprint density at radius 1 is 1.43 bits per heavy atom. The first-order chi connectivity index (χ1) is 10.8. The second-order valence-electron chi connectivity index (χ2n) is 5.61. The third-order valence-electron chi connectivity index (χ3n) is 3.55. The zero-order valence-corrected chi connectivity index (χ0v) is 13.9.